The Morgan fingerprint density at radius 1 is 1.26 bits per heavy atom. The number of hydrogen-bond donors (Lipinski definition) is 2. The monoisotopic (exact) mass is 428 g/mol. The predicted molar refractivity (Wildman–Crippen MR) is 111 cm³/mol. The van der Waals surface area contributed by atoms with E-state index in [-0.39, 0.29) is 42.8 Å². The maximum atomic E-state index is 13.4. The van der Waals surface area contributed by atoms with Gasteiger partial charge in [0.2, 0.25) is 17.7 Å². The third-order valence-corrected chi connectivity index (χ3v) is 6.43. The zero-order chi connectivity index (χ0) is 22.3. The summed E-state index contributed by atoms with van der Waals surface area (Å²) in [4.78, 5) is 54.5. The van der Waals surface area contributed by atoms with Gasteiger partial charge >= 0.3 is 0 Å². The molecule has 3 aliphatic rings. The number of likely N-dealkylation sites (tertiary alicyclic amines) is 1. The molecule has 3 fully saturated rings. The molecule has 2 N–H and O–H groups in total. The van der Waals surface area contributed by atoms with Crippen molar-refractivity contribution in [2.24, 2.45) is 0 Å². The molecule has 0 spiro atoms. The summed E-state index contributed by atoms with van der Waals surface area (Å²) in [6.45, 7) is 4.33. The molecular weight excluding hydrogens is 400 g/mol. The normalized spacial score (nSPS) is 27.5. The predicted octanol–water partition coefficient (Wildman–Crippen LogP) is -0.252. The largest absolute Gasteiger partial charge is 0.375 e. The lowest BCUT2D eigenvalue weighted by atomic mass is 10.0. The Labute approximate surface area is 181 Å². The first-order valence-corrected chi connectivity index (χ1v) is 10.6. The number of aryl methyl sites for hydroxylation is 2. The van der Waals surface area contributed by atoms with Crippen LogP contribution >= 0.6 is 0 Å². The third-order valence-electron chi connectivity index (χ3n) is 6.43. The summed E-state index contributed by atoms with van der Waals surface area (Å²) in [6, 6.07) is 3.56. The van der Waals surface area contributed by atoms with E-state index in [9.17, 15) is 19.2 Å². The molecular formula is C22H28N4O5. The van der Waals surface area contributed by atoms with Crippen LogP contribution in [-0.4, -0.2) is 84.4 Å². The second-order valence-corrected chi connectivity index (χ2v) is 8.60. The summed E-state index contributed by atoms with van der Waals surface area (Å²) in [5.74, 6) is -0.966. The second-order valence-electron chi connectivity index (χ2n) is 8.60. The van der Waals surface area contributed by atoms with E-state index < -0.39 is 18.1 Å². The van der Waals surface area contributed by atoms with E-state index in [4.69, 9.17) is 4.74 Å². The fraction of sp³-hybridized carbons (Fsp3) is 0.545. The minimum absolute atomic E-state index is 0.109. The summed E-state index contributed by atoms with van der Waals surface area (Å²) < 4.78 is 4.94. The third kappa shape index (κ3) is 3.89. The van der Waals surface area contributed by atoms with Gasteiger partial charge in [0.05, 0.1) is 6.04 Å². The molecule has 0 saturated carbocycles. The van der Waals surface area contributed by atoms with E-state index >= 15 is 0 Å². The number of nitrogens with one attached hydrogen (secondary N) is 2. The molecule has 166 valence electrons. The quantitative estimate of drug-likeness (QED) is 0.688. The molecule has 1 aromatic rings. The van der Waals surface area contributed by atoms with Crippen LogP contribution in [0.2, 0.25) is 0 Å². The van der Waals surface area contributed by atoms with Crippen molar-refractivity contribution in [1.29, 1.82) is 0 Å². The number of fused-ring (bicyclic) bond motifs is 2. The lowest BCUT2D eigenvalue weighted by Crippen LogP contribution is -2.53. The number of carbonyl (C=O) groups excluding carboxylic acids is 4. The number of nitrogens with zero attached hydrogens (tertiary/aromatic N) is 2. The highest BCUT2D eigenvalue weighted by Gasteiger charge is 2.52. The van der Waals surface area contributed by atoms with E-state index in [0.717, 1.165) is 11.1 Å². The number of rotatable bonds is 4. The van der Waals surface area contributed by atoms with Crippen LogP contribution in [0, 0.1) is 13.8 Å². The summed E-state index contributed by atoms with van der Waals surface area (Å²) in [5, 5.41) is 5.92. The molecule has 1 aromatic carbocycles. The fourth-order valence-corrected chi connectivity index (χ4v) is 4.86. The maximum Gasteiger partial charge on any atom is 0.251 e. The zero-order valence-electron chi connectivity index (χ0n) is 18.0. The molecule has 9 nitrogen and oxygen atoms in total. The first kappa shape index (κ1) is 21.3. The Balaban J connectivity index is 1.51. The van der Waals surface area contributed by atoms with Gasteiger partial charge in [-0.05, 0) is 38.3 Å². The van der Waals surface area contributed by atoms with Crippen molar-refractivity contribution in [3.8, 4) is 0 Å². The minimum Gasteiger partial charge on any atom is -0.375 e. The topological polar surface area (TPSA) is 108 Å². The van der Waals surface area contributed by atoms with E-state index in [1.165, 1.54) is 16.9 Å². The molecule has 4 amide bonds. The first-order valence-electron chi connectivity index (χ1n) is 10.6. The van der Waals surface area contributed by atoms with Gasteiger partial charge in [-0.25, -0.2) is 0 Å². The fourth-order valence-electron chi connectivity index (χ4n) is 4.86. The van der Waals surface area contributed by atoms with E-state index in [1.807, 2.05) is 32.0 Å². The number of carbonyl (C=O) groups is 4. The molecule has 3 saturated heterocycles. The van der Waals surface area contributed by atoms with Crippen LogP contribution in [0.25, 0.3) is 0 Å². The van der Waals surface area contributed by atoms with Crippen molar-refractivity contribution in [2.75, 3.05) is 26.8 Å². The molecule has 0 aliphatic carbocycles. The molecule has 9 heteroatoms. The van der Waals surface area contributed by atoms with Crippen LogP contribution in [0.4, 0.5) is 0 Å². The Morgan fingerprint density at radius 3 is 2.77 bits per heavy atom. The highest BCUT2D eigenvalue weighted by atomic mass is 16.5. The van der Waals surface area contributed by atoms with E-state index in [2.05, 4.69) is 10.6 Å². The number of benzene rings is 1. The lowest BCUT2D eigenvalue weighted by Gasteiger charge is -2.29. The Hall–Kier alpha value is -2.94. The number of ether oxygens (including phenoxy) is 1. The molecule has 3 aliphatic heterocycles. The van der Waals surface area contributed by atoms with Gasteiger partial charge in [0, 0.05) is 31.8 Å². The van der Waals surface area contributed by atoms with Crippen LogP contribution < -0.4 is 10.6 Å². The van der Waals surface area contributed by atoms with Crippen molar-refractivity contribution in [2.45, 2.75) is 50.9 Å². The molecule has 31 heavy (non-hydrogen) atoms. The maximum absolute atomic E-state index is 13.4. The molecule has 0 bridgehead atoms. The van der Waals surface area contributed by atoms with Crippen LogP contribution in [0.5, 0.6) is 0 Å². The standard InChI is InChI=1S/C22H28N4O5/c1-12-4-5-13(2)15(8-12)20(28)23-14-9-17-21(29)24-16-6-7-25(18(27)11-31-3)19(16)22(30)26(17)10-14/h4-5,8,14,16-17,19H,6-7,9-11H2,1-3H3,(H,23,28)(H,24,29)/t14-,16-,17+,19+/m1/s1. The lowest BCUT2D eigenvalue weighted by molar-refractivity contribution is -0.146. The highest BCUT2D eigenvalue weighted by Crippen LogP contribution is 2.29. The first-order chi connectivity index (χ1) is 14.8. The van der Waals surface area contributed by atoms with Crippen molar-refractivity contribution >= 4 is 23.6 Å². The van der Waals surface area contributed by atoms with Crippen molar-refractivity contribution < 1.29 is 23.9 Å². The van der Waals surface area contributed by atoms with Crippen molar-refractivity contribution in [1.82, 2.24) is 20.4 Å². The minimum atomic E-state index is -0.731. The molecule has 0 radical (unpaired) electrons. The molecule has 0 unspecified atom stereocenters. The second kappa shape index (κ2) is 8.30. The number of amides is 4. The van der Waals surface area contributed by atoms with Crippen LogP contribution in [0.3, 0.4) is 0 Å². The van der Waals surface area contributed by atoms with Gasteiger partial charge in [0.1, 0.15) is 18.7 Å². The zero-order valence-corrected chi connectivity index (χ0v) is 18.0. The van der Waals surface area contributed by atoms with Crippen LogP contribution in [0.15, 0.2) is 18.2 Å². The Morgan fingerprint density at radius 2 is 2.03 bits per heavy atom. The average Bonchev–Trinajstić information content (AvgIpc) is 3.32. The van der Waals surface area contributed by atoms with E-state index in [0.29, 0.717) is 24.9 Å². The van der Waals surface area contributed by atoms with Gasteiger partial charge in [-0.1, -0.05) is 17.7 Å². The smallest absolute Gasteiger partial charge is 0.251 e. The van der Waals surface area contributed by atoms with Gasteiger partial charge in [-0.15, -0.1) is 0 Å². The van der Waals surface area contributed by atoms with E-state index in [1.54, 1.807) is 0 Å². The average molecular weight is 428 g/mol. The summed E-state index contributed by atoms with van der Waals surface area (Å²) in [7, 11) is 1.43. The number of hydrogen-bond acceptors (Lipinski definition) is 5. The van der Waals surface area contributed by atoms with Gasteiger partial charge in [-0.2, -0.15) is 0 Å². The SMILES string of the molecule is COCC(=O)N1CC[C@H]2NC(=O)[C@@H]3C[C@@H](NC(=O)c4cc(C)ccc4C)CN3C(=O)[C@H]21. The summed E-state index contributed by atoms with van der Waals surface area (Å²) in [5.41, 5.74) is 2.44. The number of methoxy groups -OCH3 is 1. The van der Waals surface area contributed by atoms with Gasteiger partial charge in [0.25, 0.3) is 5.91 Å². The summed E-state index contributed by atoms with van der Waals surface area (Å²) >= 11 is 0. The molecule has 4 atom stereocenters. The molecule has 4 rings (SSSR count). The Bertz CT molecular complexity index is 932. The van der Waals surface area contributed by atoms with Crippen LogP contribution in [0.1, 0.15) is 34.3 Å². The molecule has 0 aromatic heterocycles. The molecule has 3 heterocycles. The van der Waals surface area contributed by atoms with Crippen molar-refractivity contribution in [3.63, 3.8) is 0 Å². The van der Waals surface area contributed by atoms with Gasteiger partial charge < -0.3 is 25.2 Å². The Kier molecular flexibility index (Phi) is 5.70. The summed E-state index contributed by atoms with van der Waals surface area (Å²) in [6.07, 6.45) is 0.880. The van der Waals surface area contributed by atoms with Crippen molar-refractivity contribution in [3.05, 3.63) is 34.9 Å². The van der Waals surface area contributed by atoms with Gasteiger partial charge in [0.15, 0.2) is 0 Å². The highest BCUT2D eigenvalue weighted by molar-refractivity contribution is 5.98. The van der Waals surface area contributed by atoms with Gasteiger partial charge in [-0.3, -0.25) is 19.2 Å². The van der Waals surface area contributed by atoms with Crippen LogP contribution in [-0.2, 0) is 19.1 Å².